The molecule has 2 fully saturated rings. The van der Waals surface area contributed by atoms with Crippen LogP contribution in [0.2, 0.25) is 0 Å². The van der Waals surface area contributed by atoms with Gasteiger partial charge in [0.1, 0.15) is 5.82 Å². The zero-order valence-corrected chi connectivity index (χ0v) is 14.9. The van der Waals surface area contributed by atoms with Crippen LogP contribution >= 0.6 is 0 Å². The summed E-state index contributed by atoms with van der Waals surface area (Å²) in [6.45, 7) is 8.95. The molecule has 2 aromatic rings. The predicted octanol–water partition coefficient (Wildman–Crippen LogP) is 3.12. The van der Waals surface area contributed by atoms with Gasteiger partial charge in [-0.15, -0.1) is 0 Å². The number of piperidine rings is 1. The van der Waals surface area contributed by atoms with E-state index in [9.17, 15) is 0 Å². The monoisotopic (exact) mass is 325 g/mol. The summed E-state index contributed by atoms with van der Waals surface area (Å²) in [4.78, 5) is 11.7. The second-order valence-electron chi connectivity index (χ2n) is 8.25. The van der Waals surface area contributed by atoms with Gasteiger partial charge in [-0.25, -0.2) is 9.67 Å². The largest absolute Gasteiger partial charge is 0.300 e. The van der Waals surface area contributed by atoms with Crippen molar-refractivity contribution in [2.24, 2.45) is 5.92 Å². The Labute approximate surface area is 144 Å². The molecule has 1 saturated heterocycles. The summed E-state index contributed by atoms with van der Waals surface area (Å²) in [7, 11) is 0. The number of likely N-dealkylation sites (tertiary alicyclic amines) is 1. The van der Waals surface area contributed by atoms with Crippen LogP contribution in [0.25, 0.3) is 11.4 Å². The van der Waals surface area contributed by atoms with Crippen LogP contribution in [-0.4, -0.2) is 43.8 Å². The zero-order chi connectivity index (χ0) is 16.7. The van der Waals surface area contributed by atoms with Gasteiger partial charge in [0.25, 0.3) is 0 Å². The minimum Gasteiger partial charge on any atom is -0.300 e. The molecule has 128 valence electrons. The van der Waals surface area contributed by atoms with Crippen LogP contribution in [-0.2, 0) is 12.0 Å². The summed E-state index contributed by atoms with van der Waals surface area (Å²) in [5.74, 6) is 2.82. The molecule has 2 aromatic heterocycles. The maximum atomic E-state index is 4.86. The Morgan fingerprint density at radius 3 is 2.75 bits per heavy atom. The minimum atomic E-state index is -0.0627. The Hall–Kier alpha value is -1.75. The molecule has 0 radical (unpaired) electrons. The second kappa shape index (κ2) is 5.96. The fraction of sp³-hybridized carbons (Fsp3) is 0.632. The molecule has 2 atom stereocenters. The standard InChI is InChI=1S/C19H27N5/c1-19(2,3)24-17(8-10-23-13-14-6-7-16(23)11-14)21-18(22-24)15-5-4-9-20-12-15/h4-5,9,12,14,16H,6-8,10-11,13H2,1-3H3/t14-,16+/m1/s1. The molecule has 1 aliphatic carbocycles. The molecule has 2 bridgehead atoms. The maximum Gasteiger partial charge on any atom is 0.182 e. The van der Waals surface area contributed by atoms with Crippen LogP contribution in [0, 0.1) is 5.92 Å². The van der Waals surface area contributed by atoms with E-state index in [2.05, 4.69) is 35.3 Å². The highest BCUT2D eigenvalue weighted by atomic mass is 15.4. The first-order chi connectivity index (χ1) is 11.5. The van der Waals surface area contributed by atoms with E-state index in [4.69, 9.17) is 10.1 Å². The highest BCUT2D eigenvalue weighted by Crippen LogP contribution is 2.37. The van der Waals surface area contributed by atoms with E-state index >= 15 is 0 Å². The van der Waals surface area contributed by atoms with Crippen molar-refractivity contribution in [3.05, 3.63) is 30.4 Å². The molecular formula is C19H27N5. The van der Waals surface area contributed by atoms with E-state index in [0.29, 0.717) is 0 Å². The second-order valence-corrected chi connectivity index (χ2v) is 8.25. The molecule has 2 aliphatic rings. The molecule has 4 rings (SSSR count). The first-order valence-electron chi connectivity index (χ1n) is 9.11. The SMILES string of the molecule is CC(C)(C)n1nc(-c2cccnc2)nc1CCN1C[C@@H]2CC[C@H]1C2. The van der Waals surface area contributed by atoms with E-state index in [0.717, 1.165) is 42.1 Å². The van der Waals surface area contributed by atoms with Crippen LogP contribution in [0.3, 0.4) is 0 Å². The van der Waals surface area contributed by atoms with E-state index in [1.807, 2.05) is 18.3 Å². The topological polar surface area (TPSA) is 46.8 Å². The average molecular weight is 325 g/mol. The van der Waals surface area contributed by atoms with Gasteiger partial charge >= 0.3 is 0 Å². The Balaban J connectivity index is 1.56. The van der Waals surface area contributed by atoms with Crippen molar-refractivity contribution in [3.8, 4) is 11.4 Å². The molecule has 0 aromatic carbocycles. The summed E-state index contributed by atoms with van der Waals surface area (Å²) in [6, 6.07) is 4.78. The minimum absolute atomic E-state index is 0.0627. The number of nitrogens with zero attached hydrogens (tertiary/aromatic N) is 5. The van der Waals surface area contributed by atoms with E-state index < -0.39 is 0 Å². The van der Waals surface area contributed by atoms with Crippen molar-refractivity contribution in [2.45, 2.75) is 58.0 Å². The van der Waals surface area contributed by atoms with Crippen LogP contribution in [0.4, 0.5) is 0 Å². The van der Waals surface area contributed by atoms with Crippen LogP contribution in [0.15, 0.2) is 24.5 Å². The summed E-state index contributed by atoms with van der Waals surface area (Å²) in [5, 5.41) is 4.79. The van der Waals surface area contributed by atoms with Gasteiger partial charge < -0.3 is 0 Å². The molecule has 0 unspecified atom stereocenters. The number of pyridine rings is 1. The van der Waals surface area contributed by atoms with Crippen molar-refractivity contribution >= 4 is 0 Å². The summed E-state index contributed by atoms with van der Waals surface area (Å²) >= 11 is 0. The lowest BCUT2D eigenvalue weighted by molar-refractivity contribution is 0.212. The Kier molecular flexibility index (Phi) is 3.91. The quantitative estimate of drug-likeness (QED) is 0.866. The Morgan fingerprint density at radius 2 is 2.12 bits per heavy atom. The highest BCUT2D eigenvalue weighted by Gasteiger charge is 2.37. The van der Waals surface area contributed by atoms with Crippen molar-refractivity contribution in [3.63, 3.8) is 0 Å². The van der Waals surface area contributed by atoms with E-state index in [-0.39, 0.29) is 5.54 Å². The molecule has 24 heavy (non-hydrogen) atoms. The van der Waals surface area contributed by atoms with Crippen molar-refractivity contribution in [2.75, 3.05) is 13.1 Å². The Bertz CT molecular complexity index is 700. The van der Waals surface area contributed by atoms with Gasteiger partial charge in [0.2, 0.25) is 0 Å². The molecule has 5 heteroatoms. The molecule has 0 N–H and O–H groups in total. The highest BCUT2D eigenvalue weighted by molar-refractivity contribution is 5.52. The normalized spacial score (nSPS) is 24.0. The third-order valence-corrected chi connectivity index (χ3v) is 5.37. The van der Waals surface area contributed by atoms with E-state index in [1.165, 1.54) is 25.8 Å². The number of hydrogen-bond acceptors (Lipinski definition) is 4. The first-order valence-corrected chi connectivity index (χ1v) is 9.11. The number of aromatic nitrogens is 4. The smallest absolute Gasteiger partial charge is 0.182 e. The lowest BCUT2D eigenvalue weighted by Gasteiger charge is -2.27. The third-order valence-electron chi connectivity index (χ3n) is 5.37. The summed E-state index contributed by atoms with van der Waals surface area (Å²) < 4.78 is 2.10. The van der Waals surface area contributed by atoms with Gasteiger partial charge in [-0.2, -0.15) is 5.10 Å². The number of rotatable bonds is 4. The molecule has 3 heterocycles. The molecule has 0 spiro atoms. The van der Waals surface area contributed by atoms with Crippen LogP contribution in [0.1, 0.15) is 45.9 Å². The van der Waals surface area contributed by atoms with Gasteiger partial charge in [-0.05, 0) is 58.1 Å². The fourth-order valence-corrected chi connectivity index (χ4v) is 4.20. The average Bonchev–Trinajstić information content (AvgIpc) is 3.28. The molecule has 1 aliphatic heterocycles. The van der Waals surface area contributed by atoms with Crippen LogP contribution in [0.5, 0.6) is 0 Å². The third kappa shape index (κ3) is 2.97. The van der Waals surface area contributed by atoms with Gasteiger partial charge in [0.15, 0.2) is 5.82 Å². The number of hydrogen-bond donors (Lipinski definition) is 0. The van der Waals surface area contributed by atoms with Gasteiger partial charge in [-0.1, -0.05) is 0 Å². The van der Waals surface area contributed by atoms with E-state index in [1.54, 1.807) is 6.20 Å². The maximum absolute atomic E-state index is 4.86. The molecule has 5 nitrogen and oxygen atoms in total. The summed E-state index contributed by atoms with van der Waals surface area (Å²) in [5.41, 5.74) is 0.925. The van der Waals surface area contributed by atoms with Gasteiger partial charge in [0, 0.05) is 43.5 Å². The van der Waals surface area contributed by atoms with Crippen molar-refractivity contribution < 1.29 is 0 Å². The molecular weight excluding hydrogens is 298 g/mol. The summed E-state index contributed by atoms with van der Waals surface area (Å²) in [6.07, 6.45) is 8.82. The first kappa shape index (κ1) is 15.8. The van der Waals surface area contributed by atoms with Crippen molar-refractivity contribution in [1.82, 2.24) is 24.6 Å². The van der Waals surface area contributed by atoms with Gasteiger partial charge in [0.05, 0.1) is 5.54 Å². The van der Waals surface area contributed by atoms with Gasteiger partial charge in [-0.3, -0.25) is 9.88 Å². The van der Waals surface area contributed by atoms with Crippen LogP contribution < -0.4 is 0 Å². The number of fused-ring (bicyclic) bond motifs is 2. The van der Waals surface area contributed by atoms with Crippen molar-refractivity contribution in [1.29, 1.82) is 0 Å². The zero-order valence-electron chi connectivity index (χ0n) is 14.9. The molecule has 0 amide bonds. The fourth-order valence-electron chi connectivity index (χ4n) is 4.20. The Morgan fingerprint density at radius 1 is 1.25 bits per heavy atom. The lowest BCUT2D eigenvalue weighted by atomic mass is 10.1. The molecule has 1 saturated carbocycles. The lowest BCUT2D eigenvalue weighted by Crippen LogP contribution is -2.35. The predicted molar refractivity (Wildman–Crippen MR) is 94.7 cm³/mol.